The van der Waals surface area contributed by atoms with Gasteiger partial charge in [0.2, 0.25) is 11.6 Å². The highest BCUT2D eigenvalue weighted by Gasteiger charge is 2.69. The van der Waals surface area contributed by atoms with Gasteiger partial charge in [-0.2, -0.15) is 8.78 Å². The van der Waals surface area contributed by atoms with Crippen LogP contribution in [0.3, 0.4) is 0 Å². The summed E-state index contributed by atoms with van der Waals surface area (Å²) in [5.74, 6) is -12.5. The van der Waals surface area contributed by atoms with Gasteiger partial charge in [0, 0.05) is 24.5 Å². The SMILES string of the molecule is C=C(N)C1CC(O)(O)C(F)(F)C(O)(O)C1.CC. The molecule has 7 heteroatoms. The lowest BCUT2D eigenvalue weighted by atomic mass is 9.77. The summed E-state index contributed by atoms with van der Waals surface area (Å²) in [7, 11) is 0. The van der Waals surface area contributed by atoms with Gasteiger partial charge in [-0.15, -0.1) is 0 Å². The molecule has 1 rings (SSSR count). The number of allylic oxidation sites excluding steroid dienone is 1. The summed E-state index contributed by atoms with van der Waals surface area (Å²) < 4.78 is 26.3. The smallest absolute Gasteiger partial charge is 0.352 e. The highest BCUT2D eigenvalue weighted by Crippen LogP contribution is 2.48. The van der Waals surface area contributed by atoms with E-state index in [1.165, 1.54) is 0 Å². The van der Waals surface area contributed by atoms with Gasteiger partial charge in [0.05, 0.1) is 0 Å². The highest BCUT2D eigenvalue weighted by molar-refractivity contribution is 5.09. The molecule has 1 fully saturated rings. The maximum absolute atomic E-state index is 13.1. The quantitative estimate of drug-likeness (QED) is 0.420. The minimum Gasteiger partial charge on any atom is -0.402 e. The number of halogens is 2. The second-order valence-electron chi connectivity index (χ2n) is 3.89. The van der Waals surface area contributed by atoms with Crippen LogP contribution < -0.4 is 5.73 Å². The standard InChI is InChI=1S/C8H13F2NO4.C2H6/c1-4(11)5-2-6(12,13)8(9,10)7(14,15)3-5;1-2/h5,12-15H,1-3,11H2;1-2H3. The second-order valence-corrected chi connectivity index (χ2v) is 3.89. The Kier molecular flexibility index (Phi) is 4.63. The minimum atomic E-state index is -4.44. The van der Waals surface area contributed by atoms with Crippen molar-refractivity contribution in [3.05, 3.63) is 12.3 Å². The van der Waals surface area contributed by atoms with Crippen LogP contribution in [0.1, 0.15) is 26.7 Å². The van der Waals surface area contributed by atoms with Crippen molar-refractivity contribution >= 4 is 0 Å². The van der Waals surface area contributed by atoms with Crippen molar-refractivity contribution in [1.29, 1.82) is 0 Å². The van der Waals surface area contributed by atoms with Gasteiger partial charge in [-0.1, -0.05) is 20.4 Å². The van der Waals surface area contributed by atoms with Crippen molar-refractivity contribution in [2.45, 2.75) is 44.2 Å². The van der Waals surface area contributed by atoms with Gasteiger partial charge in [-0.25, -0.2) is 0 Å². The molecule has 5 nitrogen and oxygen atoms in total. The van der Waals surface area contributed by atoms with Crippen molar-refractivity contribution in [2.75, 3.05) is 0 Å². The van der Waals surface area contributed by atoms with E-state index in [1.54, 1.807) is 0 Å². The zero-order valence-electron chi connectivity index (χ0n) is 9.82. The molecule has 102 valence electrons. The Morgan fingerprint density at radius 1 is 1.12 bits per heavy atom. The molecular weight excluding hydrogens is 236 g/mol. The molecule has 0 amide bonds. The van der Waals surface area contributed by atoms with Crippen LogP contribution in [0.4, 0.5) is 8.78 Å². The average Bonchev–Trinajstić information content (AvgIpc) is 2.16. The fraction of sp³-hybridized carbons (Fsp3) is 0.800. The molecule has 0 aromatic rings. The first-order chi connectivity index (χ1) is 7.51. The summed E-state index contributed by atoms with van der Waals surface area (Å²) in [6.45, 7) is 7.25. The Morgan fingerprint density at radius 3 is 1.65 bits per heavy atom. The fourth-order valence-electron chi connectivity index (χ4n) is 1.60. The molecule has 0 aromatic heterocycles. The van der Waals surface area contributed by atoms with Crippen LogP contribution in [-0.4, -0.2) is 37.9 Å². The van der Waals surface area contributed by atoms with Gasteiger partial charge in [0.1, 0.15) is 0 Å². The van der Waals surface area contributed by atoms with E-state index in [0.29, 0.717) is 0 Å². The zero-order chi connectivity index (χ0) is 14.1. The van der Waals surface area contributed by atoms with Crippen LogP contribution in [-0.2, 0) is 0 Å². The second kappa shape index (κ2) is 4.85. The molecule has 1 aliphatic carbocycles. The van der Waals surface area contributed by atoms with Crippen molar-refractivity contribution < 1.29 is 29.2 Å². The molecule has 0 radical (unpaired) electrons. The van der Waals surface area contributed by atoms with Gasteiger partial charge >= 0.3 is 5.92 Å². The molecule has 0 bridgehead atoms. The number of nitrogens with two attached hydrogens (primary N) is 1. The molecule has 1 aliphatic rings. The summed E-state index contributed by atoms with van der Waals surface area (Å²) >= 11 is 0. The van der Waals surface area contributed by atoms with Gasteiger partial charge < -0.3 is 26.2 Å². The Bertz CT molecular complexity index is 272. The topological polar surface area (TPSA) is 107 Å². The molecule has 0 spiro atoms. The Labute approximate surface area is 98.2 Å². The van der Waals surface area contributed by atoms with Crippen LogP contribution >= 0.6 is 0 Å². The van der Waals surface area contributed by atoms with E-state index in [2.05, 4.69) is 6.58 Å². The summed E-state index contributed by atoms with van der Waals surface area (Å²) in [6, 6.07) is 0. The van der Waals surface area contributed by atoms with Crippen LogP contribution in [0.5, 0.6) is 0 Å². The zero-order valence-corrected chi connectivity index (χ0v) is 9.82. The van der Waals surface area contributed by atoms with Gasteiger partial charge in [-0.05, 0) is 0 Å². The molecule has 1 saturated carbocycles. The summed E-state index contributed by atoms with van der Waals surface area (Å²) in [6.07, 6.45) is -1.59. The van der Waals surface area contributed by atoms with Crippen LogP contribution in [0.2, 0.25) is 0 Å². The number of aliphatic hydroxyl groups is 4. The third-order valence-electron chi connectivity index (χ3n) is 2.59. The highest BCUT2D eigenvalue weighted by atomic mass is 19.3. The largest absolute Gasteiger partial charge is 0.402 e. The van der Waals surface area contributed by atoms with E-state index in [-0.39, 0.29) is 5.70 Å². The molecule has 0 atom stereocenters. The van der Waals surface area contributed by atoms with E-state index in [0.717, 1.165) is 0 Å². The number of rotatable bonds is 1. The molecule has 0 aromatic carbocycles. The van der Waals surface area contributed by atoms with E-state index in [9.17, 15) is 8.78 Å². The number of hydrogen-bond acceptors (Lipinski definition) is 5. The van der Waals surface area contributed by atoms with Crippen LogP contribution in [0.15, 0.2) is 12.3 Å². The lowest BCUT2D eigenvalue weighted by Crippen LogP contribution is -2.67. The third kappa shape index (κ3) is 2.74. The van der Waals surface area contributed by atoms with Crippen LogP contribution in [0, 0.1) is 5.92 Å². The average molecular weight is 255 g/mol. The van der Waals surface area contributed by atoms with E-state index in [1.807, 2.05) is 13.8 Å². The fourth-order valence-corrected chi connectivity index (χ4v) is 1.60. The van der Waals surface area contributed by atoms with Crippen molar-refractivity contribution in [1.82, 2.24) is 0 Å². The first kappa shape index (κ1) is 16.2. The first-order valence-corrected chi connectivity index (χ1v) is 5.23. The predicted molar refractivity (Wildman–Crippen MR) is 56.7 cm³/mol. The summed E-state index contributed by atoms with van der Waals surface area (Å²) in [5.41, 5.74) is 5.11. The van der Waals surface area contributed by atoms with E-state index in [4.69, 9.17) is 26.2 Å². The molecule has 0 saturated heterocycles. The lowest BCUT2D eigenvalue weighted by molar-refractivity contribution is -0.421. The Hall–Kier alpha value is -0.760. The predicted octanol–water partition coefficient (Wildman–Crippen LogP) is -0.108. The van der Waals surface area contributed by atoms with Crippen molar-refractivity contribution in [2.24, 2.45) is 11.7 Å². The molecule has 0 heterocycles. The van der Waals surface area contributed by atoms with Gasteiger partial charge in [-0.3, -0.25) is 0 Å². The molecule has 6 N–H and O–H groups in total. The number of alkyl halides is 2. The maximum Gasteiger partial charge on any atom is 0.352 e. The van der Waals surface area contributed by atoms with E-state index >= 15 is 0 Å². The maximum atomic E-state index is 13.1. The normalized spacial score (nSPS) is 25.6. The lowest BCUT2D eigenvalue weighted by Gasteiger charge is -2.46. The van der Waals surface area contributed by atoms with Gasteiger partial charge in [0.25, 0.3) is 0 Å². The van der Waals surface area contributed by atoms with Crippen molar-refractivity contribution in [3.63, 3.8) is 0 Å². The Morgan fingerprint density at radius 2 is 1.41 bits per heavy atom. The van der Waals surface area contributed by atoms with Crippen LogP contribution in [0.25, 0.3) is 0 Å². The summed E-state index contributed by atoms with van der Waals surface area (Å²) in [5, 5.41) is 36.2. The van der Waals surface area contributed by atoms with Gasteiger partial charge in [0.15, 0.2) is 0 Å². The summed E-state index contributed by atoms with van der Waals surface area (Å²) in [4.78, 5) is 0. The van der Waals surface area contributed by atoms with Crippen molar-refractivity contribution in [3.8, 4) is 0 Å². The molecule has 0 aliphatic heterocycles. The minimum absolute atomic E-state index is 0.106. The monoisotopic (exact) mass is 255 g/mol. The first-order valence-electron chi connectivity index (χ1n) is 5.23. The molecule has 0 unspecified atom stereocenters. The molecular formula is C10H19F2NO4. The molecule has 17 heavy (non-hydrogen) atoms. The third-order valence-corrected chi connectivity index (χ3v) is 2.59. The Balaban J connectivity index is 0.00000121. The number of hydrogen-bond donors (Lipinski definition) is 5. The van der Waals surface area contributed by atoms with E-state index < -0.39 is 36.3 Å².